The molecule has 0 spiro atoms. The Balaban J connectivity index is 0.000000236. The van der Waals surface area contributed by atoms with E-state index in [9.17, 15) is 35.9 Å². The normalized spacial score (nSPS) is 11.1. The van der Waals surface area contributed by atoms with E-state index in [1.165, 1.54) is 56.8 Å². The lowest BCUT2D eigenvalue weighted by atomic mass is 10.0. The summed E-state index contributed by atoms with van der Waals surface area (Å²) in [5.74, 6) is -1.34. The van der Waals surface area contributed by atoms with E-state index in [4.69, 9.17) is 16.9 Å². The number of rotatable bonds is 4. The summed E-state index contributed by atoms with van der Waals surface area (Å²) in [6.45, 7) is 0. The van der Waals surface area contributed by atoms with Gasteiger partial charge in [-0.05, 0) is 36.4 Å². The minimum Gasteiger partial charge on any atom is -0.465 e. The minimum atomic E-state index is -4.42. The van der Waals surface area contributed by atoms with Crippen LogP contribution in [0, 0.1) is 11.3 Å². The van der Waals surface area contributed by atoms with Crippen molar-refractivity contribution < 1.29 is 45.4 Å². The molecule has 2 aromatic heterocycles. The number of pyridine rings is 2. The van der Waals surface area contributed by atoms with Gasteiger partial charge in [-0.25, -0.2) is 9.59 Å². The third kappa shape index (κ3) is 8.08. The van der Waals surface area contributed by atoms with Crippen LogP contribution in [0.25, 0.3) is 22.5 Å². The van der Waals surface area contributed by atoms with Gasteiger partial charge in [0.05, 0.1) is 58.4 Å². The average Bonchev–Trinajstić information content (AvgIpc) is 2.99. The van der Waals surface area contributed by atoms with Crippen molar-refractivity contribution in [3.8, 4) is 28.6 Å². The fourth-order valence-corrected chi connectivity index (χ4v) is 3.72. The zero-order chi connectivity index (χ0) is 31.9. The molecule has 0 aliphatic rings. The molecule has 222 valence electrons. The lowest BCUT2D eigenvalue weighted by Gasteiger charge is -2.08. The predicted molar refractivity (Wildman–Crippen MR) is 142 cm³/mol. The van der Waals surface area contributed by atoms with Crippen LogP contribution in [0.15, 0.2) is 73.1 Å². The van der Waals surface area contributed by atoms with Crippen molar-refractivity contribution in [2.75, 3.05) is 14.2 Å². The Bertz CT molecular complexity index is 1670. The largest absolute Gasteiger partial charge is 0.465 e. The number of esters is 2. The Labute approximate surface area is 245 Å². The summed E-state index contributed by atoms with van der Waals surface area (Å²) >= 11 is 5.94. The zero-order valence-corrected chi connectivity index (χ0v) is 22.8. The Morgan fingerprint density at radius 3 is 1.49 bits per heavy atom. The van der Waals surface area contributed by atoms with Gasteiger partial charge < -0.3 is 9.47 Å². The summed E-state index contributed by atoms with van der Waals surface area (Å²) < 4.78 is 84.0. The minimum absolute atomic E-state index is 0.000613. The van der Waals surface area contributed by atoms with E-state index in [0.29, 0.717) is 16.8 Å². The first-order valence-corrected chi connectivity index (χ1v) is 12.1. The summed E-state index contributed by atoms with van der Waals surface area (Å²) in [6.07, 6.45) is -6.42. The quantitative estimate of drug-likeness (QED) is 0.170. The molecule has 0 amide bonds. The SMILES string of the molecule is COC(=O)c1cnc(-c2ccc(C(F)(F)F)cc2)cc1C#N.COC(=O)c1cnc(-c2ccc(C(F)(F)F)cc2)cc1Cl. The number of nitriles is 1. The third-order valence-electron chi connectivity index (χ3n) is 5.70. The smallest absolute Gasteiger partial charge is 0.416 e. The monoisotopic (exact) mass is 621 g/mol. The Morgan fingerprint density at radius 1 is 0.721 bits per heavy atom. The number of ether oxygens (including phenoxy) is 2. The van der Waals surface area contributed by atoms with Gasteiger partial charge in [-0.3, -0.25) is 9.97 Å². The van der Waals surface area contributed by atoms with Crippen LogP contribution in [-0.2, 0) is 21.8 Å². The maximum absolute atomic E-state index is 12.5. The van der Waals surface area contributed by atoms with Gasteiger partial charge in [-0.15, -0.1) is 0 Å². The van der Waals surface area contributed by atoms with Gasteiger partial charge in [0.25, 0.3) is 0 Å². The number of hydrogen-bond acceptors (Lipinski definition) is 7. The van der Waals surface area contributed by atoms with E-state index >= 15 is 0 Å². The number of carbonyl (C=O) groups excluding carboxylic acids is 2. The molecule has 4 rings (SSSR count). The number of methoxy groups -OCH3 is 2. The second-order valence-corrected chi connectivity index (χ2v) is 8.82. The molecule has 0 atom stereocenters. The molecule has 0 N–H and O–H groups in total. The second kappa shape index (κ2) is 13.3. The molecule has 14 heteroatoms. The first-order chi connectivity index (χ1) is 20.2. The fraction of sp³-hybridized carbons (Fsp3) is 0.138. The van der Waals surface area contributed by atoms with Crippen molar-refractivity contribution in [3.05, 3.63) is 106 Å². The number of benzene rings is 2. The van der Waals surface area contributed by atoms with E-state index in [1.807, 2.05) is 6.07 Å². The van der Waals surface area contributed by atoms with Crippen molar-refractivity contribution in [2.45, 2.75) is 12.4 Å². The standard InChI is InChI=1S/C15H9F3N2O2.C14H9ClF3NO2/c1-22-14(21)12-8-20-13(6-10(12)7-19)9-2-4-11(5-3-9)15(16,17)18;1-21-13(20)10-7-19-12(6-11(10)15)8-2-4-9(5-3-8)14(16,17)18/h2-6,8H,1H3;2-7H,1H3. The van der Waals surface area contributed by atoms with Gasteiger partial charge in [-0.2, -0.15) is 31.6 Å². The molecule has 4 aromatic rings. The molecule has 0 fully saturated rings. The summed E-state index contributed by atoms with van der Waals surface area (Å²) in [4.78, 5) is 30.8. The van der Waals surface area contributed by atoms with E-state index in [0.717, 1.165) is 30.5 Å². The van der Waals surface area contributed by atoms with Crippen molar-refractivity contribution in [2.24, 2.45) is 0 Å². The lowest BCUT2D eigenvalue weighted by Crippen LogP contribution is -2.06. The highest BCUT2D eigenvalue weighted by atomic mass is 35.5. The van der Waals surface area contributed by atoms with Gasteiger partial charge in [-0.1, -0.05) is 35.9 Å². The fourth-order valence-electron chi connectivity index (χ4n) is 3.49. The highest BCUT2D eigenvalue weighted by Gasteiger charge is 2.31. The summed E-state index contributed by atoms with van der Waals surface area (Å²) in [7, 11) is 2.38. The van der Waals surface area contributed by atoms with Crippen LogP contribution in [0.3, 0.4) is 0 Å². The lowest BCUT2D eigenvalue weighted by molar-refractivity contribution is -0.138. The summed E-state index contributed by atoms with van der Waals surface area (Å²) in [6, 6.07) is 13.4. The molecule has 0 radical (unpaired) electrons. The number of alkyl halides is 6. The molecule has 2 heterocycles. The molecule has 2 aromatic carbocycles. The summed E-state index contributed by atoms with van der Waals surface area (Å²) in [5.41, 5.74) is 0.125. The molecule has 43 heavy (non-hydrogen) atoms. The molecule has 0 unspecified atom stereocenters. The molecule has 0 saturated carbocycles. The van der Waals surface area contributed by atoms with Crippen molar-refractivity contribution in [1.82, 2.24) is 9.97 Å². The number of halogens is 7. The average molecular weight is 622 g/mol. The van der Waals surface area contributed by atoms with Crippen LogP contribution in [-0.4, -0.2) is 36.1 Å². The van der Waals surface area contributed by atoms with Gasteiger partial charge in [0.2, 0.25) is 0 Å². The van der Waals surface area contributed by atoms with Gasteiger partial charge in [0, 0.05) is 23.5 Å². The van der Waals surface area contributed by atoms with Crippen LogP contribution in [0.4, 0.5) is 26.3 Å². The maximum atomic E-state index is 12.5. The number of nitrogens with zero attached hydrogens (tertiary/aromatic N) is 3. The van der Waals surface area contributed by atoms with Gasteiger partial charge in [0.15, 0.2) is 0 Å². The topological polar surface area (TPSA) is 102 Å². The highest BCUT2D eigenvalue weighted by molar-refractivity contribution is 6.33. The van der Waals surface area contributed by atoms with Crippen molar-refractivity contribution in [3.63, 3.8) is 0 Å². The van der Waals surface area contributed by atoms with Crippen LogP contribution in [0.1, 0.15) is 37.4 Å². The van der Waals surface area contributed by atoms with Crippen molar-refractivity contribution in [1.29, 1.82) is 5.26 Å². The molecule has 0 aliphatic heterocycles. The molecule has 0 saturated heterocycles. The van der Waals surface area contributed by atoms with E-state index in [2.05, 4.69) is 19.4 Å². The summed E-state index contributed by atoms with van der Waals surface area (Å²) in [5, 5.41) is 9.17. The van der Waals surface area contributed by atoms with Crippen LogP contribution in [0.2, 0.25) is 5.02 Å². The van der Waals surface area contributed by atoms with Crippen LogP contribution >= 0.6 is 11.6 Å². The van der Waals surface area contributed by atoms with E-state index in [-0.39, 0.29) is 27.4 Å². The molecular weight excluding hydrogens is 604 g/mol. The van der Waals surface area contributed by atoms with Crippen LogP contribution < -0.4 is 0 Å². The zero-order valence-electron chi connectivity index (χ0n) is 22.0. The Hall–Kier alpha value is -4.96. The van der Waals surface area contributed by atoms with E-state index < -0.39 is 35.4 Å². The molecule has 7 nitrogen and oxygen atoms in total. The number of hydrogen-bond donors (Lipinski definition) is 0. The number of carbonyl (C=O) groups is 2. The second-order valence-electron chi connectivity index (χ2n) is 8.41. The van der Waals surface area contributed by atoms with Gasteiger partial charge in [0.1, 0.15) is 6.07 Å². The first-order valence-electron chi connectivity index (χ1n) is 11.8. The Morgan fingerprint density at radius 2 is 1.12 bits per heavy atom. The first kappa shape index (κ1) is 32.6. The molecule has 0 bridgehead atoms. The van der Waals surface area contributed by atoms with Crippen molar-refractivity contribution >= 4 is 23.5 Å². The predicted octanol–water partition coefficient (Wildman–Crippen LogP) is 7.63. The maximum Gasteiger partial charge on any atom is 0.416 e. The molecular formula is C29H18ClF6N3O4. The van der Waals surface area contributed by atoms with Gasteiger partial charge >= 0.3 is 24.3 Å². The third-order valence-corrected chi connectivity index (χ3v) is 6.02. The highest BCUT2D eigenvalue weighted by Crippen LogP contribution is 2.32. The number of aromatic nitrogens is 2. The Kier molecular flexibility index (Phi) is 10.1. The van der Waals surface area contributed by atoms with E-state index in [1.54, 1.807) is 0 Å². The van der Waals surface area contributed by atoms with Crippen LogP contribution in [0.5, 0.6) is 0 Å². The molecule has 0 aliphatic carbocycles.